The van der Waals surface area contributed by atoms with Crippen LogP contribution in [0.1, 0.15) is 17.7 Å². The van der Waals surface area contributed by atoms with Crippen LogP contribution in [0, 0.1) is 7.27 Å². The molecular weight excluding hydrogens is 404 g/mol. The van der Waals surface area contributed by atoms with Crippen molar-refractivity contribution in [3.63, 3.8) is 0 Å². The van der Waals surface area contributed by atoms with Gasteiger partial charge in [-0.05, 0) is 51.2 Å². The Bertz CT molecular complexity index is 318. The molecule has 0 amide bonds. The van der Waals surface area contributed by atoms with E-state index in [2.05, 4.69) is 4.98 Å². The molecule has 6 heteroatoms. The smallest absolute Gasteiger partial charge is 0.265 e. The summed E-state index contributed by atoms with van der Waals surface area (Å²) in [4.78, 5) is 4.06. The van der Waals surface area contributed by atoms with Crippen molar-refractivity contribution in [3.8, 4) is 0 Å². The number of pyridine rings is 1. The van der Waals surface area contributed by atoms with Crippen LogP contribution in [-0.2, 0) is 6.54 Å². The van der Waals surface area contributed by atoms with Gasteiger partial charge in [0.15, 0.2) is 0 Å². The van der Waals surface area contributed by atoms with Gasteiger partial charge in [-0.1, -0.05) is 0 Å². The molecule has 0 fully saturated rings. The van der Waals surface area contributed by atoms with E-state index in [1.807, 2.05) is 45.2 Å². The molecule has 0 radical (unpaired) electrons. The summed E-state index contributed by atoms with van der Waals surface area (Å²) >= 11 is 3.75. The van der Waals surface area contributed by atoms with Crippen molar-refractivity contribution >= 4 is 45.2 Å². The topological polar surface area (TPSA) is 38.9 Å². The number of halogens is 4. The molecule has 1 aromatic heterocycles. The summed E-state index contributed by atoms with van der Waals surface area (Å²) in [5, 5.41) is 0. The van der Waals surface area contributed by atoms with E-state index in [4.69, 9.17) is 5.73 Å². The summed E-state index contributed by atoms with van der Waals surface area (Å²) in [6, 6.07) is 1.38. The van der Waals surface area contributed by atoms with Crippen LogP contribution in [0.15, 0.2) is 6.07 Å². The van der Waals surface area contributed by atoms with Crippen molar-refractivity contribution in [3.05, 3.63) is 24.6 Å². The molecule has 0 aliphatic carbocycles. The van der Waals surface area contributed by atoms with Crippen molar-refractivity contribution in [2.45, 2.75) is 13.0 Å². The maximum absolute atomic E-state index is 12.4. The van der Waals surface area contributed by atoms with Crippen LogP contribution < -0.4 is 5.73 Å². The zero-order valence-electron chi connectivity index (χ0n) is 6.40. The molecule has 0 aliphatic heterocycles. The quantitative estimate of drug-likeness (QED) is 0.602. The molecule has 13 heavy (non-hydrogen) atoms. The van der Waals surface area contributed by atoms with Crippen LogP contribution >= 0.6 is 45.2 Å². The number of nitrogens with zero attached hydrogens (tertiary/aromatic N) is 1. The predicted octanol–water partition coefficient (Wildman–Crippen LogP) is 2.69. The Morgan fingerprint density at radius 3 is 2.54 bits per heavy atom. The fourth-order valence-electron chi connectivity index (χ4n) is 0.863. The molecular formula is C7H6F2I2N2. The number of hydrogen-bond donors (Lipinski definition) is 1. The molecule has 0 saturated carbocycles. The lowest BCUT2D eigenvalue weighted by Crippen LogP contribution is -2.06. The number of nitrogens with two attached hydrogens (primary N) is 1. The molecule has 1 aromatic rings. The van der Waals surface area contributed by atoms with Crippen LogP contribution in [0.2, 0.25) is 0 Å². The average molecular weight is 410 g/mol. The zero-order valence-corrected chi connectivity index (χ0v) is 10.7. The van der Waals surface area contributed by atoms with Gasteiger partial charge in [-0.3, -0.25) is 0 Å². The fraction of sp³-hybridized carbons (Fsp3) is 0.286. The van der Waals surface area contributed by atoms with Gasteiger partial charge in [0.25, 0.3) is 6.43 Å². The van der Waals surface area contributed by atoms with E-state index in [1.165, 1.54) is 6.07 Å². The molecule has 2 N–H and O–H groups in total. The minimum atomic E-state index is -2.46. The number of hydrogen-bond acceptors (Lipinski definition) is 2. The van der Waals surface area contributed by atoms with Gasteiger partial charge in [-0.15, -0.1) is 0 Å². The lowest BCUT2D eigenvalue weighted by atomic mass is 10.2. The van der Waals surface area contributed by atoms with Crippen molar-refractivity contribution in [2.75, 3.05) is 0 Å². The number of rotatable bonds is 2. The lowest BCUT2D eigenvalue weighted by molar-refractivity contribution is 0.150. The van der Waals surface area contributed by atoms with Gasteiger partial charge >= 0.3 is 0 Å². The van der Waals surface area contributed by atoms with Gasteiger partial charge in [-0.2, -0.15) is 0 Å². The van der Waals surface area contributed by atoms with Crippen LogP contribution in [0.3, 0.4) is 0 Å². The normalized spacial score (nSPS) is 10.9. The molecule has 0 unspecified atom stereocenters. The standard InChI is InChI=1S/C7H6F2I2N2/c8-7(9)3-1-5(10)13-4(2-12)6(3)11/h1,7H,2,12H2. The van der Waals surface area contributed by atoms with Gasteiger partial charge in [0.05, 0.1) is 5.69 Å². The monoisotopic (exact) mass is 410 g/mol. The minimum absolute atomic E-state index is 0.0143. The third-order valence-electron chi connectivity index (χ3n) is 1.45. The van der Waals surface area contributed by atoms with E-state index in [9.17, 15) is 8.78 Å². The Labute approximate surface area is 102 Å². The van der Waals surface area contributed by atoms with E-state index in [1.54, 1.807) is 0 Å². The summed E-state index contributed by atoms with van der Waals surface area (Å²) in [5.74, 6) is 0. The third-order valence-corrected chi connectivity index (χ3v) is 3.25. The molecule has 2 nitrogen and oxygen atoms in total. The van der Waals surface area contributed by atoms with Crippen molar-refractivity contribution in [1.29, 1.82) is 0 Å². The first-order chi connectivity index (χ1) is 6.06. The zero-order chi connectivity index (χ0) is 10.0. The molecule has 0 spiro atoms. The van der Waals surface area contributed by atoms with E-state index < -0.39 is 6.43 Å². The van der Waals surface area contributed by atoms with Crippen LogP contribution in [0.5, 0.6) is 0 Å². The van der Waals surface area contributed by atoms with E-state index in [-0.39, 0.29) is 12.1 Å². The van der Waals surface area contributed by atoms with E-state index in [0.717, 1.165) is 0 Å². The second-order valence-corrected chi connectivity index (χ2v) is 4.48. The average Bonchev–Trinajstić information content (AvgIpc) is 2.08. The van der Waals surface area contributed by atoms with Crippen LogP contribution in [0.25, 0.3) is 0 Å². The lowest BCUT2D eigenvalue weighted by Gasteiger charge is -2.07. The maximum atomic E-state index is 12.4. The van der Waals surface area contributed by atoms with Crippen molar-refractivity contribution < 1.29 is 8.78 Å². The predicted molar refractivity (Wildman–Crippen MR) is 62.5 cm³/mol. The maximum Gasteiger partial charge on any atom is 0.265 e. The molecule has 0 aliphatic rings. The van der Waals surface area contributed by atoms with Gasteiger partial charge in [0, 0.05) is 15.7 Å². The Morgan fingerprint density at radius 1 is 1.46 bits per heavy atom. The SMILES string of the molecule is NCc1nc(I)cc(C(F)F)c1I. The second-order valence-electron chi connectivity index (χ2n) is 2.30. The summed E-state index contributed by atoms with van der Waals surface area (Å²) in [6.45, 7) is 0.189. The van der Waals surface area contributed by atoms with Crippen molar-refractivity contribution in [1.82, 2.24) is 4.98 Å². The first kappa shape index (κ1) is 11.5. The molecule has 1 heterocycles. The Hall–Kier alpha value is 0.430. The number of aromatic nitrogens is 1. The summed E-state index contributed by atoms with van der Waals surface area (Å²) in [7, 11) is 0. The molecule has 0 saturated heterocycles. The second kappa shape index (κ2) is 4.78. The highest BCUT2D eigenvalue weighted by atomic mass is 127. The highest BCUT2D eigenvalue weighted by Gasteiger charge is 2.15. The van der Waals surface area contributed by atoms with Gasteiger partial charge in [-0.25, -0.2) is 13.8 Å². The van der Waals surface area contributed by atoms with Crippen molar-refractivity contribution in [2.24, 2.45) is 5.73 Å². The highest BCUT2D eigenvalue weighted by Crippen LogP contribution is 2.27. The first-order valence-corrected chi connectivity index (χ1v) is 5.55. The Morgan fingerprint density at radius 2 is 2.08 bits per heavy atom. The van der Waals surface area contributed by atoms with Gasteiger partial charge < -0.3 is 5.73 Å². The third kappa shape index (κ3) is 2.69. The highest BCUT2D eigenvalue weighted by molar-refractivity contribution is 14.1. The minimum Gasteiger partial charge on any atom is -0.325 e. The molecule has 0 aromatic carbocycles. The van der Waals surface area contributed by atoms with E-state index >= 15 is 0 Å². The molecule has 0 atom stereocenters. The Balaban J connectivity index is 3.27. The van der Waals surface area contributed by atoms with Gasteiger partial charge in [0.2, 0.25) is 0 Å². The van der Waals surface area contributed by atoms with E-state index in [0.29, 0.717) is 13.0 Å². The molecule has 72 valence electrons. The molecule has 0 bridgehead atoms. The fourth-order valence-corrected chi connectivity index (χ4v) is 2.22. The van der Waals surface area contributed by atoms with Gasteiger partial charge in [0.1, 0.15) is 3.70 Å². The van der Waals surface area contributed by atoms with Crippen LogP contribution in [0.4, 0.5) is 8.78 Å². The number of alkyl halides is 2. The first-order valence-electron chi connectivity index (χ1n) is 3.39. The van der Waals surface area contributed by atoms with Crippen LogP contribution in [-0.4, -0.2) is 4.98 Å². The molecule has 1 rings (SSSR count). The summed E-state index contributed by atoms with van der Waals surface area (Å²) in [6.07, 6.45) is -2.46. The Kier molecular flexibility index (Phi) is 4.23. The summed E-state index contributed by atoms with van der Waals surface area (Å²) < 4.78 is 25.9. The largest absolute Gasteiger partial charge is 0.325 e. The summed E-state index contributed by atoms with van der Waals surface area (Å²) in [5.41, 5.74) is 5.92.